The molecule has 0 spiro atoms. The van der Waals surface area contributed by atoms with Gasteiger partial charge in [-0.05, 0) is 147 Å². The first-order valence-corrected chi connectivity index (χ1v) is 37.1. The molecule has 2 atom stereocenters. The number of ether oxygens (including phenoxy) is 4. The Morgan fingerprint density at radius 1 is 0.455 bits per heavy atom. The molecule has 18 aromatic rings. The van der Waals surface area contributed by atoms with Crippen molar-refractivity contribution in [3.8, 4) is 22.5 Å². The summed E-state index contributed by atoms with van der Waals surface area (Å²) in [4.78, 5) is 57.7. The first-order valence-electron chi connectivity index (χ1n) is 35.5. The van der Waals surface area contributed by atoms with Gasteiger partial charge in [-0.2, -0.15) is 30.6 Å². The van der Waals surface area contributed by atoms with Gasteiger partial charge in [0.25, 0.3) is 0 Å². The van der Waals surface area contributed by atoms with E-state index < -0.39 is 0 Å². The molecule has 112 heavy (non-hydrogen) atoms. The topological polar surface area (TPSA) is 422 Å². The predicted molar refractivity (Wildman–Crippen MR) is 403 cm³/mol. The molecular formula is C71H64Br2N32O7. The molecule has 2 aliphatic heterocycles. The molecule has 2 fully saturated rings. The van der Waals surface area contributed by atoms with Crippen molar-refractivity contribution in [1.29, 1.82) is 0 Å². The van der Waals surface area contributed by atoms with E-state index in [4.69, 9.17) is 28.9 Å². The minimum Gasteiger partial charge on any atom is -0.392 e. The van der Waals surface area contributed by atoms with Crippen LogP contribution in [0.1, 0.15) is 87.1 Å². The molecule has 41 heteroatoms. The highest BCUT2D eigenvalue weighted by atomic mass is 79.9. The number of rotatable bonds is 21. The van der Waals surface area contributed by atoms with Crippen LogP contribution in [0, 0.1) is 0 Å². The Bertz CT molecular complexity index is 6360. The number of aliphatic hydroxyl groups is 1. The summed E-state index contributed by atoms with van der Waals surface area (Å²) < 4.78 is 41.4. The van der Waals surface area contributed by atoms with Gasteiger partial charge >= 0.3 is 0 Å². The second-order valence-electron chi connectivity index (χ2n) is 25.9. The zero-order valence-electron chi connectivity index (χ0n) is 59.2. The molecule has 0 saturated carbocycles. The number of pyridine rings is 4. The van der Waals surface area contributed by atoms with Crippen molar-refractivity contribution in [1.82, 2.24) is 158 Å². The number of nitrogens with zero attached hydrogens (tertiary/aromatic N) is 32. The molecule has 20 heterocycles. The summed E-state index contributed by atoms with van der Waals surface area (Å²) in [6.45, 7) is 5.72. The Labute approximate surface area is 647 Å². The van der Waals surface area contributed by atoms with E-state index in [2.05, 4.69) is 140 Å². The third kappa shape index (κ3) is 16.1. The molecule has 0 aromatic carbocycles. The third-order valence-corrected chi connectivity index (χ3v) is 19.1. The van der Waals surface area contributed by atoms with Crippen LogP contribution in [0.3, 0.4) is 0 Å². The van der Waals surface area contributed by atoms with Gasteiger partial charge in [-0.3, -0.25) is 19.0 Å². The van der Waals surface area contributed by atoms with Crippen molar-refractivity contribution < 1.29 is 33.6 Å². The van der Waals surface area contributed by atoms with Gasteiger partial charge in [-0.15, -0.1) is 20.4 Å². The van der Waals surface area contributed by atoms with Crippen LogP contribution in [0.25, 0.3) is 89.8 Å². The summed E-state index contributed by atoms with van der Waals surface area (Å²) in [6, 6.07) is 17.6. The molecule has 0 bridgehead atoms. The number of fused-ring (bicyclic) bond motifs is 8. The van der Waals surface area contributed by atoms with Crippen LogP contribution in [0.4, 0.5) is 0 Å². The Kier molecular flexibility index (Phi) is 21.1. The fourth-order valence-corrected chi connectivity index (χ4v) is 13.2. The molecular weight excluding hydrogens is 1570 g/mol. The maximum Gasteiger partial charge on any atom is 0.221 e. The average Bonchev–Trinajstić information content (AvgIpc) is 1.64. The number of hydrogen-bond acceptors (Lipinski definition) is 29. The largest absolute Gasteiger partial charge is 0.392 e. The molecule has 0 amide bonds. The van der Waals surface area contributed by atoms with Gasteiger partial charge in [-0.25, -0.2) is 76.7 Å². The number of aromatic nitrogens is 32. The molecule has 2 saturated heterocycles. The van der Waals surface area contributed by atoms with E-state index in [9.17, 15) is 14.7 Å². The predicted octanol–water partition coefficient (Wildman–Crippen LogP) is 7.12. The van der Waals surface area contributed by atoms with Crippen LogP contribution in [0.5, 0.6) is 0 Å². The number of aldehydes is 2. The van der Waals surface area contributed by atoms with Crippen molar-refractivity contribution in [3.05, 3.63) is 202 Å². The monoisotopic (exact) mass is 1630 g/mol. The van der Waals surface area contributed by atoms with E-state index in [-0.39, 0.29) is 19.2 Å². The van der Waals surface area contributed by atoms with Crippen molar-refractivity contribution in [2.24, 2.45) is 0 Å². The SMILES string of the molecule is Brc1cnc2nnn(Cc3ccn4nccc4c3)c2n1.O=Cc1cnn2ccc(Cn3nnc4ncc(-c5cnn(CCOC6CCCCO6)c5)nc43)cc12.O=Cc1cnn2ccc(Cn3nnc4ncc(Br)nc43)cc12.OCc1cnn2ccc(Cn3nnc4ncc(-c5cnn(CCOC6CCCCO6)c5)nc43)cc12. The summed E-state index contributed by atoms with van der Waals surface area (Å²) in [7, 11) is 0. The number of halogens is 2. The molecule has 564 valence electrons. The normalized spacial score (nSPS) is 14.5. The molecule has 1 N–H and O–H groups in total. The van der Waals surface area contributed by atoms with E-state index in [0.29, 0.717) is 129 Å². The lowest BCUT2D eigenvalue weighted by Gasteiger charge is -2.22. The molecule has 0 radical (unpaired) electrons. The smallest absolute Gasteiger partial charge is 0.221 e. The van der Waals surface area contributed by atoms with Crippen molar-refractivity contribution in [3.63, 3.8) is 0 Å². The van der Waals surface area contributed by atoms with Crippen LogP contribution in [0.15, 0.2) is 163 Å². The first kappa shape index (κ1) is 72.1. The Balaban J connectivity index is 0.000000111. The maximum absolute atomic E-state index is 11.3. The standard InChI is InChI=1S/C23H25N9O3.C23H23N9O3.C13H8BrN7O.C12H8BrN7/c2*33-15-18-11-26-31-5-4-16(9-20(18)31)13-32-23-22(28-29-32)24-12-19(27-23)17-10-25-30(14-17)6-8-35-21-3-1-2-7-34-21;14-11-5-15-12-13(17-11)21(19-18-12)6-8-1-2-20-10(3-8)9(7-22)4-16-20;13-10-6-14-11-12(16-10)20(18-17-11)7-8-2-4-19-9(5-8)1-3-15-19/h4-5,9-12,14,21,33H,1-3,6-8,13,15H2;4-5,9-12,14-15,21H,1-3,6-8,13H2;1-5,7H,6H2;1-6H,7H2. The number of aliphatic hydroxyl groups excluding tert-OH is 1. The lowest BCUT2D eigenvalue weighted by Crippen LogP contribution is -2.24. The zero-order valence-corrected chi connectivity index (χ0v) is 62.4. The highest BCUT2D eigenvalue weighted by Gasteiger charge is 2.20. The summed E-state index contributed by atoms with van der Waals surface area (Å²) >= 11 is 6.60. The van der Waals surface area contributed by atoms with E-state index in [0.717, 1.165) is 125 Å². The van der Waals surface area contributed by atoms with Crippen LogP contribution in [0.2, 0.25) is 0 Å². The molecule has 20 rings (SSSR count). The van der Waals surface area contributed by atoms with Crippen LogP contribution in [-0.2, 0) is 64.8 Å². The van der Waals surface area contributed by atoms with Gasteiger partial charge in [0, 0.05) is 73.3 Å². The van der Waals surface area contributed by atoms with Crippen LogP contribution < -0.4 is 0 Å². The number of carbonyl (C=O) groups is 2. The van der Waals surface area contributed by atoms with Crippen LogP contribution >= 0.6 is 31.9 Å². The quantitative estimate of drug-likeness (QED) is 0.0699. The lowest BCUT2D eigenvalue weighted by atomic mass is 10.2. The van der Waals surface area contributed by atoms with Gasteiger partial charge in [0.15, 0.2) is 47.7 Å². The van der Waals surface area contributed by atoms with E-state index in [1.165, 1.54) is 0 Å². The highest BCUT2D eigenvalue weighted by molar-refractivity contribution is 9.10. The maximum atomic E-state index is 11.3. The summed E-state index contributed by atoms with van der Waals surface area (Å²) in [6.07, 6.45) is 35.6. The Hall–Kier alpha value is -12.8. The first-order chi connectivity index (χ1) is 55.1. The lowest BCUT2D eigenvalue weighted by molar-refractivity contribution is -0.164. The van der Waals surface area contributed by atoms with Gasteiger partial charge in [-0.1, -0.05) is 20.9 Å². The Morgan fingerprint density at radius 3 is 1.32 bits per heavy atom. The molecule has 18 aromatic heterocycles. The van der Waals surface area contributed by atoms with Crippen LogP contribution in [-0.4, -0.2) is 215 Å². The van der Waals surface area contributed by atoms with Gasteiger partial charge < -0.3 is 24.1 Å². The van der Waals surface area contributed by atoms with E-state index in [1.807, 2.05) is 93.4 Å². The fourth-order valence-electron chi connectivity index (χ4n) is 12.7. The minimum absolute atomic E-state index is 0.0673. The summed E-state index contributed by atoms with van der Waals surface area (Å²) in [5.41, 5.74) is 16.7. The second-order valence-corrected chi connectivity index (χ2v) is 27.5. The van der Waals surface area contributed by atoms with Gasteiger partial charge in [0.05, 0.1) is 159 Å². The van der Waals surface area contributed by atoms with E-state index >= 15 is 0 Å². The molecule has 2 aliphatic rings. The molecule has 2 unspecified atom stereocenters. The summed E-state index contributed by atoms with van der Waals surface area (Å²) in [5.74, 6) is 0. The van der Waals surface area contributed by atoms with Crippen molar-refractivity contribution in [2.75, 3.05) is 26.4 Å². The third-order valence-electron chi connectivity index (χ3n) is 18.3. The van der Waals surface area contributed by atoms with Gasteiger partial charge in [0.2, 0.25) is 22.6 Å². The molecule has 0 aliphatic carbocycles. The average molecular weight is 1640 g/mol. The number of hydrogen-bond donors (Lipinski definition) is 1. The second kappa shape index (κ2) is 32.8. The summed E-state index contributed by atoms with van der Waals surface area (Å²) in [5, 5.41) is 68.0. The fraction of sp³-hybridized carbons (Fsp3) is 0.268. The minimum atomic E-state index is -0.112. The van der Waals surface area contributed by atoms with Crippen molar-refractivity contribution in [2.45, 2.75) is 97.0 Å². The number of carbonyl (C=O) groups excluding carboxylic acids is 2. The highest BCUT2D eigenvalue weighted by Crippen LogP contribution is 2.25. The van der Waals surface area contributed by atoms with E-state index in [1.54, 1.807) is 100 Å². The zero-order chi connectivity index (χ0) is 75.9. The van der Waals surface area contributed by atoms with Crippen molar-refractivity contribution >= 4 is 112 Å². The van der Waals surface area contributed by atoms with Gasteiger partial charge in [0.1, 0.15) is 9.21 Å². The Morgan fingerprint density at radius 2 is 0.875 bits per heavy atom. The molecule has 39 nitrogen and oxygen atoms in total.